The van der Waals surface area contributed by atoms with Gasteiger partial charge in [-0.1, -0.05) is 6.07 Å². The Hall–Kier alpha value is -1.61. The Labute approximate surface area is 81.6 Å². The van der Waals surface area contributed by atoms with Gasteiger partial charge in [-0.2, -0.15) is 0 Å². The highest BCUT2D eigenvalue weighted by atomic mass is 16.1. The summed E-state index contributed by atoms with van der Waals surface area (Å²) >= 11 is 0. The van der Waals surface area contributed by atoms with Gasteiger partial charge in [-0.3, -0.25) is 4.79 Å². The van der Waals surface area contributed by atoms with Gasteiger partial charge in [0, 0.05) is 29.2 Å². The average molecular weight is 188 g/mol. The molecule has 0 saturated carbocycles. The van der Waals surface area contributed by atoms with Crippen molar-refractivity contribution >= 4 is 10.9 Å². The number of aromatic nitrogens is 1. The molecule has 0 radical (unpaired) electrons. The number of hydrogen-bond acceptors (Lipinski definition) is 2. The Bertz CT molecular complexity index is 528. The third-order valence-corrected chi connectivity index (χ3v) is 2.33. The summed E-state index contributed by atoms with van der Waals surface area (Å²) < 4.78 is 0. The van der Waals surface area contributed by atoms with Gasteiger partial charge in [0.2, 0.25) is 0 Å². The van der Waals surface area contributed by atoms with Crippen molar-refractivity contribution in [2.45, 2.75) is 13.5 Å². The quantitative estimate of drug-likeness (QED) is 0.708. The van der Waals surface area contributed by atoms with Crippen LogP contribution in [0.2, 0.25) is 0 Å². The molecule has 1 heterocycles. The van der Waals surface area contributed by atoms with E-state index in [1.807, 2.05) is 25.1 Å². The molecule has 0 unspecified atom stereocenters. The standard InChI is InChI=1S/C11H12N2O/c1-7-2-3-9-10(4-7)13-6-8(5-12)11(9)14/h2-4,6H,5,12H2,1H3,(H,13,14). The van der Waals surface area contributed by atoms with Crippen molar-refractivity contribution < 1.29 is 0 Å². The molecule has 0 spiro atoms. The Kier molecular flexibility index (Phi) is 2.09. The molecule has 0 aliphatic rings. The smallest absolute Gasteiger partial charge is 0.193 e. The van der Waals surface area contributed by atoms with E-state index in [2.05, 4.69) is 4.98 Å². The first-order valence-corrected chi connectivity index (χ1v) is 4.53. The summed E-state index contributed by atoms with van der Waals surface area (Å²) in [6, 6.07) is 5.72. The van der Waals surface area contributed by atoms with Crippen LogP contribution in [0.15, 0.2) is 29.2 Å². The fourth-order valence-corrected chi connectivity index (χ4v) is 1.53. The Balaban J connectivity index is 2.84. The lowest BCUT2D eigenvalue weighted by Crippen LogP contribution is -2.13. The zero-order valence-electron chi connectivity index (χ0n) is 8.00. The lowest BCUT2D eigenvalue weighted by atomic mass is 10.1. The molecule has 0 amide bonds. The second-order valence-electron chi connectivity index (χ2n) is 3.40. The maximum atomic E-state index is 11.8. The van der Waals surface area contributed by atoms with Crippen LogP contribution in [-0.2, 0) is 6.54 Å². The summed E-state index contributed by atoms with van der Waals surface area (Å²) in [5.74, 6) is 0. The molecule has 2 rings (SSSR count). The van der Waals surface area contributed by atoms with Crippen molar-refractivity contribution in [3.8, 4) is 0 Å². The third-order valence-electron chi connectivity index (χ3n) is 2.33. The summed E-state index contributed by atoms with van der Waals surface area (Å²) in [6.07, 6.45) is 1.68. The summed E-state index contributed by atoms with van der Waals surface area (Å²) in [5, 5.41) is 0.707. The van der Waals surface area contributed by atoms with Gasteiger partial charge >= 0.3 is 0 Å². The molecule has 0 aliphatic carbocycles. The van der Waals surface area contributed by atoms with Crippen LogP contribution in [0.1, 0.15) is 11.1 Å². The van der Waals surface area contributed by atoms with Gasteiger partial charge in [0.05, 0.1) is 0 Å². The minimum absolute atomic E-state index is 0.0289. The molecule has 72 valence electrons. The molecule has 0 aliphatic heterocycles. The van der Waals surface area contributed by atoms with Crippen LogP contribution in [-0.4, -0.2) is 4.98 Å². The molecule has 3 heteroatoms. The first-order valence-electron chi connectivity index (χ1n) is 4.53. The van der Waals surface area contributed by atoms with Gasteiger partial charge in [0.25, 0.3) is 0 Å². The number of aryl methyl sites for hydroxylation is 1. The van der Waals surface area contributed by atoms with Crippen LogP contribution in [0.3, 0.4) is 0 Å². The third kappa shape index (κ3) is 1.32. The molecule has 0 fully saturated rings. The fraction of sp³-hybridized carbons (Fsp3) is 0.182. The number of H-pyrrole nitrogens is 1. The largest absolute Gasteiger partial charge is 0.361 e. The SMILES string of the molecule is Cc1ccc2c(=O)c(CN)c[nH]c2c1. The number of nitrogens with one attached hydrogen (secondary N) is 1. The maximum absolute atomic E-state index is 11.8. The first-order chi connectivity index (χ1) is 6.72. The van der Waals surface area contributed by atoms with E-state index in [9.17, 15) is 4.79 Å². The lowest BCUT2D eigenvalue weighted by Gasteiger charge is -2.01. The van der Waals surface area contributed by atoms with Crippen LogP contribution < -0.4 is 11.2 Å². The van der Waals surface area contributed by atoms with Crippen molar-refractivity contribution in [1.82, 2.24) is 4.98 Å². The van der Waals surface area contributed by atoms with Crippen molar-refractivity contribution in [2.75, 3.05) is 0 Å². The Morgan fingerprint density at radius 2 is 2.21 bits per heavy atom. The number of aromatic amines is 1. The molecule has 0 atom stereocenters. The number of hydrogen-bond donors (Lipinski definition) is 2. The molecule has 14 heavy (non-hydrogen) atoms. The zero-order chi connectivity index (χ0) is 10.1. The minimum atomic E-state index is 0.0289. The molecule has 3 N–H and O–H groups in total. The second kappa shape index (κ2) is 3.27. The number of fused-ring (bicyclic) bond motifs is 1. The minimum Gasteiger partial charge on any atom is -0.361 e. The molecule has 1 aromatic heterocycles. The summed E-state index contributed by atoms with van der Waals surface area (Å²) in [4.78, 5) is 14.8. The summed E-state index contributed by atoms with van der Waals surface area (Å²) in [5.41, 5.74) is 8.11. The van der Waals surface area contributed by atoms with Crippen LogP contribution in [0.5, 0.6) is 0 Å². The predicted molar refractivity (Wildman–Crippen MR) is 57.2 cm³/mol. The van der Waals surface area contributed by atoms with Gasteiger partial charge in [-0.15, -0.1) is 0 Å². The van der Waals surface area contributed by atoms with Crippen LogP contribution in [0.4, 0.5) is 0 Å². The van der Waals surface area contributed by atoms with E-state index in [1.165, 1.54) is 0 Å². The van der Waals surface area contributed by atoms with Crippen molar-refractivity contribution in [1.29, 1.82) is 0 Å². The van der Waals surface area contributed by atoms with E-state index in [4.69, 9.17) is 5.73 Å². The van der Waals surface area contributed by atoms with Crippen LogP contribution >= 0.6 is 0 Å². The van der Waals surface area contributed by atoms with Crippen molar-refractivity contribution in [3.63, 3.8) is 0 Å². The van der Waals surface area contributed by atoms with E-state index in [0.717, 1.165) is 11.1 Å². The highest BCUT2D eigenvalue weighted by Crippen LogP contribution is 2.09. The molecule has 2 aromatic rings. The van der Waals surface area contributed by atoms with Crippen molar-refractivity contribution in [3.05, 3.63) is 45.7 Å². The number of pyridine rings is 1. The summed E-state index contributed by atoms with van der Waals surface area (Å²) in [6.45, 7) is 2.27. The monoisotopic (exact) mass is 188 g/mol. The van der Waals surface area contributed by atoms with E-state index in [0.29, 0.717) is 10.9 Å². The fourth-order valence-electron chi connectivity index (χ4n) is 1.53. The predicted octanol–water partition coefficient (Wildman–Crippen LogP) is 1.30. The van der Waals surface area contributed by atoms with E-state index >= 15 is 0 Å². The molecular formula is C11H12N2O. The average Bonchev–Trinajstić information content (AvgIpc) is 2.18. The van der Waals surface area contributed by atoms with E-state index in [-0.39, 0.29) is 12.0 Å². The van der Waals surface area contributed by atoms with Gasteiger partial charge < -0.3 is 10.7 Å². The highest BCUT2D eigenvalue weighted by Gasteiger charge is 2.02. The zero-order valence-corrected chi connectivity index (χ0v) is 8.00. The molecule has 1 aromatic carbocycles. The molecule has 3 nitrogen and oxygen atoms in total. The second-order valence-corrected chi connectivity index (χ2v) is 3.40. The Morgan fingerprint density at radius 1 is 1.43 bits per heavy atom. The van der Waals surface area contributed by atoms with E-state index in [1.54, 1.807) is 6.20 Å². The highest BCUT2D eigenvalue weighted by molar-refractivity contribution is 5.79. The van der Waals surface area contributed by atoms with Gasteiger partial charge in [0.1, 0.15) is 0 Å². The van der Waals surface area contributed by atoms with E-state index < -0.39 is 0 Å². The normalized spacial score (nSPS) is 10.7. The van der Waals surface area contributed by atoms with Crippen LogP contribution in [0, 0.1) is 6.92 Å². The number of rotatable bonds is 1. The molecule has 0 saturated heterocycles. The maximum Gasteiger partial charge on any atom is 0.193 e. The molecular weight excluding hydrogens is 176 g/mol. The van der Waals surface area contributed by atoms with Gasteiger partial charge in [-0.05, 0) is 24.6 Å². The lowest BCUT2D eigenvalue weighted by molar-refractivity contribution is 1.04. The Morgan fingerprint density at radius 3 is 2.93 bits per heavy atom. The molecule has 0 bridgehead atoms. The topological polar surface area (TPSA) is 58.9 Å². The van der Waals surface area contributed by atoms with Gasteiger partial charge in [0.15, 0.2) is 5.43 Å². The number of nitrogens with two attached hydrogens (primary N) is 1. The van der Waals surface area contributed by atoms with Crippen LogP contribution in [0.25, 0.3) is 10.9 Å². The first kappa shape index (κ1) is 8.97. The summed E-state index contributed by atoms with van der Waals surface area (Å²) in [7, 11) is 0. The number of benzene rings is 1. The van der Waals surface area contributed by atoms with Crippen molar-refractivity contribution in [2.24, 2.45) is 5.73 Å². The van der Waals surface area contributed by atoms with Gasteiger partial charge in [-0.25, -0.2) is 0 Å².